The Morgan fingerprint density at radius 1 is 1.04 bits per heavy atom. The number of benzene rings is 2. The molecule has 0 radical (unpaired) electrons. The van der Waals surface area contributed by atoms with Crippen LogP contribution in [0.2, 0.25) is 0 Å². The van der Waals surface area contributed by atoms with E-state index >= 15 is 0 Å². The maximum atomic E-state index is 12.4. The van der Waals surface area contributed by atoms with Gasteiger partial charge in [0, 0.05) is 24.5 Å². The Morgan fingerprint density at radius 3 is 2.41 bits per heavy atom. The van der Waals surface area contributed by atoms with E-state index in [-0.39, 0.29) is 5.91 Å². The van der Waals surface area contributed by atoms with Gasteiger partial charge in [0.2, 0.25) is 5.91 Å². The van der Waals surface area contributed by atoms with Crippen molar-refractivity contribution in [3.8, 4) is 0 Å². The van der Waals surface area contributed by atoms with E-state index in [9.17, 15) is 4.79 Å². The highest BCUT2D eigenvalue weighted by Gasteiger charge is 2.20. The molecule has 0 saturated carbocycles. The summed E-state index contributed by atoms with van der Waals surface area (Å²) < 4.78 is 0. The van der Waals surface area contributed by atoms with Crippen LogP contribution in [0.3, 0.4) is 0 Å². The maximum Gasteiger partial charge on any atom is 0.230 e. The van der Waals surface area contributed by atoms with Gasteiger partial charge in [0.15, 0.2) is 5.13 Å². The highest BCUT2D eigenvalue weighted by Crippen LogP contribution is 2.32. The SMILES string of the molecule is CCc1ccccc1N(C(C)=O)c1nc(CN(CC)c2ccccc2)cs1. The number of carbonyl (C=O) groups excluding carboxylic acids is 1. The van der Waals surface area contributed by atoms with Crippen LogP contribution in [0.5, 0.6) is 0 Å². The number of hydrogen-bond donors (Lipinski definition) is 0. The second-order valence-corrected chi connectivity index (χ2v) is 7.14. The first-order valence-corrected chi connectivity index (χ1v) is 10.1. The number of carbonyl (C=O) groups is 1. The Morgan fingerprint density at radius 2 is 1.74 bits per heavy atom. The summed E-state index contributed by atoms with van der Waals surface area (Å²) in [5.41, 5.74) is 4.21. The number of anilines is 3. The normalized spacial score (nSPS) is 10.6. The van der Waals surface area contributed by atoms with Gasteiger partial charge in [-0.3, -0.25) is 9.69 Å². The maximum absolute atomic E-state index is 12.4. The smallest absolute Gasteiger partial charge is 0.230 e. The molecule has 0 aliphatic heterocycles. The fourth-order valence-corrected chi connectivity index (χ4v) is 4.00. The van der Waals surface area contributed by atoms with Gasteiger partial charge in [-0.1, -0.05) is 43.3 Å². The second-order valence-electron chi connectivity index (χ2n) is 6.31. The summed E-state index contributed by atoms with van der Waals surface area (Å²) in [6.45, 7) is 7.45. The van der Waals surface area contributed by atoms with Gasteiger partial charge < -0.3 is 4.90 Å². The third-order valence-electron chi connectivity index (χ3n) is 4.52. The quantitative estimate of drug-likeness (QED) is 0.550. The van der Waals surface area contributed by atoms with Crippen molar-refractivity contribution in [2.24, 2.45) is 0 Å². The van der Waals surface area contributed by atoms with Crippen molar-refractivity contribution in [2.45, 2.75) is 33.7 Å². The van der Waals surface area contributed by atoms with Crippen molar-refractivity contribution in [3.63, 3.8) is 0 Å². The monoisotopic (exact) mass is 379 g/mol. The van der Waals surface area contributed by atoms with Gasteiger partial charge in [0.05, 0.1) is 17.9 Å². The van der Waals surface area contributed by atoms with Gasteiger partial charge in [0.25, 0.3) is 0 Å². The molecule has 0 N–H and O–H groups in total. The lowest BCUT2D eigenvalue weighted by molar-refractivity contribution is -0.115. The zero-order chi connectivity index (χ0) is 19.2. The summed E-state index contributed by atoms with van der Waals surface area (Å²) in [7, 11) is 0. The van der Waals surface area contributed by atoms with Crippen LogP contribution in [0.15, 0.2) is 60.0 Å². The van der Waals surface area contributed by atoms with Crippen molar-refractivity contribution < 1.29 is 4.79 Å². The second kappa shape index (κ2) is 8.82. The number of aryl methyl sites for hydroxylation is 1. The number of hydrogen-bond acceptors (Lipinski definition) is 4. The van der Waals surface area contributed by atoms with Crippen molar-refractivity contribution >= 4 is 33.8 Å². The molecule has 0 saturated heterocycles. The van der Waals surface area contributed by atoms with Crippen LogP contribution in [-0.4, -0.2) is 17.4 Å². The van der Waals surface area contributed by atoms with E-state index in [0.29, 0.717) is 0 Å². The van der Waals surface area contributed by atoms with Crippen molar-refractivity contribution in [2.75, 3.05) is 16.3 Å². The van der Waals surface area contributed by atoms with Crippen LogP contribution in [0.4, 0.5) is 16.5 Å². The number of nitrogens with zero attached hydrogens (tertiary/aromatic N) is 3. The Hall–Kier alpha value is -2.66. The van der Waals surface area contributed by atoms with E-state index in [1.807, 2.05) is 41.8 Å². The Labute approximate surface area is 165 Å². The van der Waals surface area contributed by atoms with E-state index in [4.69, 9.17) is 4.98 Å². The largest absolute Gasteiger partial charge is 0.366 e. The van der Waals surface area contributed by atoms with Gasteiger partial charge >= 0.3 is 0 Å². The predicted octanol–water partition coefficient (Wildman–Crippen LogP) is 5.42. The Kier molecular flexibility index (Phi) is 6.24. The molecule has 1 aromatic heterocycles. The van der Waals surface area contributed by atoms with Gasteiger partial charge in [-0.25, -0.2) is 4.98 Å². The summed E-state index contributed by atoms with van der Waals surface area (Å²) in [6, 6.07) is 18.4. The first-order valence-electron chi connectivity index (χ1n) is 9.27. The van der Waals surface area contributed by atoms with Crippen molar-refractivity contribution in [1.82, 2.24) is 4.98 Å². The molecule has 0 atom stereocenters. The number of amides is 1. The van der Waals surface area contributed by atoms with E-state index in [2.05, 4.69) is 36.9 Å². The van der Waals surface area contributed by atoms with Crippen molar-refractivity contribution in [1.29, 1.82) is 0 Å². The average molecular weight is 380 g/mol. The molecule has 0 spiro atoms. The fourth-order valence-electron chi connectivity index (χ4n) is 3.13. The molecule has 3 aromatic rings. The molecule has 5 heteroatoms. The van der Waals surface area contributed by atoms with Crippen LogP contribution in [0.1, 0.15) is 32.0 Å². The zero-order valence-corrected chi connectivity index (χ0v) is 16.9. The van der Waals surface area contributed by atoms with E-state index in [1.165, 1.54) is 17.0 Å². The highest BCUT2D eigenvalue weighted by molar-refractivity contribution is 7.14. The minimum absolute atomic E-state index is 0.0211. The molecule has 0 fully saturated rings. The number of aromatic nitrogens is 1. The van der Waals surface area contributed by atoms with Crippen LogP contribution in [-0.2, 0) is 17.8 Å². The first kappa shape index (κ1) is 19.1. The molecule has 0 bridgehead atoms. The zero-order valence-electron chi connectivity index (χ0n) is 16.1. The van der Waals surface area contributed by atoms with E-state index < -0.39 is 0 Å². The summed E-state index contributed by atoms with van der Waals surface area (Å²) in [6.07, 6.45) is 0.871. The molecule has 4 nitrogen and oxygen atoms in total. The van der Waals surface area contributed by atoms with E-state index in [1.54, 1.807) is 11.8 Å². The molecule has 2 aromatic carbocycles. The van der Waals surface area contributed by atoms with Crippen molar-refractivity contribution in [3.05, 3.63) is 71.2 Å². The van der Waals surface area contributed by atoms with Gasteiger partial charge in [0.1, 0.15) is 0 Å². The summed E-state index contributed by atoms with van der Waals surface area (Å²) in [5, 5.41) is 2.77. The third-order valence-corrected chi connectivity index (χ3v) is 5.39. The lowest BCUT2D eigenvalue weighted by Gasteiger charge is -2.22. The van der Waals surface area contributed by atoms with Crippen LogP contribution in [0, 0.1) is 0 Å². The Balaban J connectivity index is 1.87. The molecule has 0 unspecified atom stereocenters. The average Bonchev–Trinajstić information content (AvgIpc) is 3.15. The number of thiazole rings is 1. The minimum Gasteiger partial charge on any atom is -0.366 e. The molecular formula is C22H25N3OS. The summed E-state index contributed by atoms with van der Waals surface area (Å²) in [4.78, 5) is 21.2. The first-order chi connectivity index (χ1) is 13.1. The van der Waals surface area contributed by atoms with Crippen LogP contribution in [0.25, 0.3) is 0 Å². The molecule has 1 heterocycles. The van der Waals surface area contributed by atoms with Gasteiger partial charge in [-0.15, -0.1) is 11.3 Å². The highest BCUT2D eigenvalue weighted by atomic mass is 32.1. The number of para-hydroxylation sites is 2. The molecule has 140 valence electrons. The predicted molar refractivity (Wildman–Crippen MR) is 114 cm³/mol. The van der Waals surface area contributed by atoms with Crippen LogP contribution >= 0.6 is 11.3 Å². The summed E-state index contributed by atoms with van der Waals surface area (Å²) >= 11 is 1.51. The molecule has 1 amide bonds. The minimum atomic E-state index is -0.0211. The third kappa shape index (κ3) is 4.37. The Bertz CT molecular complexity index is 891. The summed E-state index contributed by atoms with van der Waals surface area (Å²) in [5.74, 6) is -0.0211. The lowest BCUT2D eigenvalue weighted by atomic mass is 10.1. The fraction of sp³-hybridized carbons (Fsp3) is 0.273. The van der Waals surface area contributed by atoms with E-state index in [0.717, 1.165) is 41.6 Å². The van der Waals surface area contributed by atoms with Crippen LogP contribution < -0.4 is 9.80 Å². The lowest BCUT2D eigenvalue weighted by Crippen LogP contribution is -2.24. The molecule has 27 heavy (non-hydrogen) atoms. The topological polar surface area (TPSA) is 36.4 Å². The molecule has 0 aliphatic carbocycles. The number of rotatable bonds is 7. The standard InChI is InChI=1S/C22H25N3OS/c1-4-18-11-9-10-14-21(18)25(17(3)26)22-23-19(16-27-22)15-24(5-2)20-12-7-6-8-13-20/h6-14,16H,4-5,15H2,1-3H3. The molecular weight excluding hydrogens is 354 g/mol. The van der Waals surface area contributed by atoms with Gasteiger partial charge in [-0.05, 0) is 37.1 Å². The molecule has 3 rings (SSSR count). The molecule has 0 aliphatic rings. The van der Waals surface area contributed by atoms with Gasteiger partial charge in [-0.2, -0.15) is 0 Å².